The van der Waals surface area contributed by atoms with Crippen LogP contribution < -0.4 is 0 Å². The first-order chi connectivity index (χ1) is 14.1. The highest BCUT2D eigenvalue weighted by molar-refractivity contribution is 5.59. The van der Waals surface area contributed by atoms with Crippen molar-refractivity contribution < 1.29 is 10.2 Å². The van der Waals surface area contributed by atoms with Crippen LogP contribution in [0.25, 0.3) is 6.08 Å². The summed E-state index contributed by atoms with van der Waals surface area (Å²) in [6, 6.07) is 0. The Kier molecular flexibility index (Phi) is 4.65. The molecule has 2 N–H and O–H groups in total. The van der Waals surface area contributed by atoms with E-state index in [1.807, 2.05) is 11.7 Å². The minimum atomic E-state index is -0.353. The summed E-state index contributed by atoms with van der Waals surface area (Å²) < 4.78 is 1.94. The van der Waals surface area contributed by atoms with Gasteiger partial charge in [-0.25, -0.2) is 0 Å². The third kappa shape index (κ3) is 2.75. The SMILES string of the molecule is Cc1nn(C)c(C)c1/C=C1\C[C@H]2[C@@H]3CC=C4C[C@@H](O)CC[C@]4(C)[C@H]3CC[C@]2(C)[C@H]1O. The summed E-state index contributed by atoms with van der Waals surface area (Å²) in [4.78, 5) is 0. The molecule has 5 rings (SSSR count). The first-order valence-electron chi connectivity index (χ1n) is 11.9. The van der Waals surface area contributed by atoms with Crippen LogP contribution in [0.5, 0.6) is 0 Å². The summed E-state index contributed by atoms with van der Waals surface area (Å²) in [7, 11) is 1.99. The number of nitrogens with zero attached hydrogens (tertiary/aromatic N) is 2. The Hall–Kier alpha value is -1.39. The van der Waals surface area contributed by atoms with Crippen LogP contribution >= 0.6 is 0 Å². The molecule has 164 valence electrons. The highest BCUT2D eigenvalue weighted by Gasteiger charge is 2.59. The van der Waals surface area contributed by atoms with Gasteiger partial charge in [-0.15, -0.1) is 0 Å². The maximum atomic E-state index is 11.5. The molecule has 4 aliphatic rings. The van der Waals surface area contributed by atoms with E-state index in [4.69, 9.17) is 0 Å². The van der Waals surface area contributed by atoms with Crippen LogP contribution in [0.15, 0.2) is 17.2 Å². The second-order valence-electron chi connectivity index (χ2n) is 11.2. The van der Waals surface area contributed by atoms with Crippen LogP contribution in [0, 0.1) is 42.4 Å². The Balaban J connectivity index is 1.49. The molecule has 4 heteroatoms. The molecular formula is C26H38N2O2. The molecular weight excluding hydrogens is 372 g/mol. The lowest BCUT2D eigenvalue weighted by Gasteiger charge is -2.57. The summed E-state index contributed by atoms with van der Waals surface area (Å²) in [5, 5.41) is 26.3. The minimum absolute atomic E-state index is 0.0209. The zero-order valence-corrected chi connectivity index (χ0v) is 19.3. The van der Waals surface area contributed by atoms with Gasteiger partial charge < -0.3 is 10.2 Å². The molecule has 0 aliphatic heterocycles. The Morgan fingerprint density at radius 2 is 1.87 bits per heavy atom. The van der Waals surface area contributed by atoms with E-state index in [0.717, 1.165) is 44.2 Å². The van der Waals surface area contributed by atoms with E-state index in [1.165, 1.54) is 28.8 Å². The molecule has 3 fully saturated rings. The molecule has 30 heavy (non-hydrogen) atoms. The van der Waals surface area contributed by atoms with E-state index in [1.54, 1.807) is 0 Å². The van der Waals surface area contributed by atoms with Gasteiger partial charge in [0.2, 0.25) is 0 Å². The predicted molar refractivity (Wildman–Crippen MR) is 120 cm³/mol. The lowest BCUT2D eigenvalue weighted by molar-refractivity contribution is -0.0685. The molecule has 0 unspecified atom stereocenters. The molecule has 0 bridgehead atoms. The van der Waals surface area contributed by atoms with Gasteiger partial charge in [-0.3, -0.25) is 4.68 Å². The summed E-state index contributed by atoms with van der Waals surface area (Å²) >= 11 is 0. The fourth-order valence-corrected chi connectivity index (χ4v) is 7.82. The van der Waals surface area contributed by atoms with Gasteiger partial charge in [0.1, 0.15) is 0 Å². The van der Waals surface area contributed by atoms with E-state index in [0.29, 0.717) is 17.8 Å². The van der Waals surface area contributed by atoms with Crippen molar-refractivity contribution in [2.75, 3.05) is 0 Å². The molecule has 7 atom stereocenters. The van der Waals surface area contributed by atoms with E-state index < -0.39 is 0 Å². The number of fused-ring (bicyclic) bond motifs is 5. The standard InChI is InChI=1S/C26H38N2O2/c1-15-21(16(2)28(5)27-15)12-17-13-23-20-7-6-18-14-19(29)8-10-25(18,3)22(20)9-11-26(23,4)24(17)30/h6,12,19-20,22-24,29-30H,7-11,13-14H2,1-5H3/b17-12+/t19-,20+,22-,23-,24-,25-,26-/m0/s1. The zero-order valence-electron chi connectivity index (χ0n) is 19.3. The maximum absolute atomic E-state index is 11.5. The van der Waals surface area contributed by atoms with E-state index in [2.05, 4.69) is 44.9 Å². The van der Waals surface area contributed by atoms with Crippen molar-refractivity contribution in [2.24, 2.45) is 35.6 Å². The average Bonchev–Trinajstić information content (AvgIpc) is 3.10. The topological polar surface area (TPSA) is 58.3 Å². The van der Waals surface area contributed by atoms with Gasteiger partial charge in [0.25, 0.3) is 0 Å². The number of rotatable bonds is 1. The molecule has 1 aromatic heterocycles. The number of aliphatic hydroxyl groups is 2. The number of hydrogen-bond acceptors (Lipinski definition) is 3. The monoisotopic (exact) mass is 410 g/mol. The molecule has 4 nitrogen and oxygen atoms in total. The smallest absolute Gasteiger partial charge is 0.0809 e. The van der Waals surface area contributed by atoms with E-state index in [9.17, 15) is 10.2 Å². The van der Waals surface area contributed by atoms with Crippen molar-refractivity contribution in [3.63, 3.8) is 0 Å². The molecule has 4 aliphatic carbocycles. The molecule has 0 radical (unpaired) electrons. The Morgan fingerprint density at radius 3 is 2.57 bits per heavy atom. The van der Waals surface area contributed by atoms with Gasteiger partial charge in [0.15, 0.2) is 0 Å². The third-order valence-electron chi connectivity index (χ3n) is 9.84. The molecule has 1 heterocycles. The Labute approximate surface area is 181 Å². The third-order valence-corrected chi connectivity index (χ3v) is 9.84. The average molecular weight is 411 g/mol. The highest BCUT2D eigenvalue weighted by Crippen LogP contribution is 2.65. The number of aliphatic hydroxyl groups excluding tert-OH is 2. The molecule has 0 saturated heterocycles. The minimum Gasteiger partial charge on any atom is -0.393 e. The van der Waals surface area contributed by atoms with Crippen LogP contribution in [0.4, 0.5) is 0 Å². The fourth-order valence-electron chi connectivity index (χ4n) is 7.82. The van der Waals surface area contributed by atoms with E-state index in [-0.39, 0.29) is 23.0 Å². The van der Waals surface area contributed by atoms with Gasteiger partial charge in [-0.2, -0.15) is 5.10 Å². The molecule has 0 amide bonds. The molecule has 1 aromatic rings. The first kappa shape index (κ1) is 20.5. The highest BCUT2D eigenvalue weighted by atomic mass is 16.3. The Morgan fingerprint density at radius 1 is 1.10 bits per heavy atom. The fraction of sp³-hybridized carbons (Fsp3) is 0.731. The molecule has 3 saturated carbocycles. The first-order valence-corrected chi connectivity index (χ1v) is 11.9. The lowest BCUT2D eigenvalue weighted by atomic mass is 9.48. The summed E-state index contributed by atoms with van der Waals surface area (Å²) in [5.74, 6) is 1.87. The van der Waals surface area contributed by atoms with Gasteiger partial charge in [0, 0.05) is 23.7 Å². The van der Waals surface area contributed by atoms with Crippen molar-refractivity contribution in [1.29, 1.82) is 0 Å². The summed E-state index contributed by atoms with van der Waals surface area (Å²) in [6.45, 7) is 8.99. The predicted octanol–water partition coefficient (Wildman–Crippen LogP) is 4.71. The number of aryl methyl sites for hydroxylation is 2. The van der Waals surface area contributed by atoms with Crippen LogP contribution in [0.2, 0.25) is 0 Å². The van der Waals surface area contributed by atoms with Gasteiger partial charge in [-0.05, 0) is 93.6 Å². The van der Waals surface area contributed by atoms with Crippen LogP contribution in [0.3, 0.4) is 0 Å². The quantitative estimate of drug-likeness (QED) is 0.659. The van der Waals surface area contributed by atoms with Crippen molar-refractivity contribution >= 4 is 6.08 Å². The van der Waals surface area contributed by atoms with Crippen molar-refractivity contribution in [1.82, 2.24) is 9.78 Å². The number of allylic oxidation sites excluding steroid dienone is 1. The van der Waals surface area contributed by atoms with Gasteiger partial charge >= 0.3 is 0 Å². The van der Waals surface area contributed by atoms with Gasteiger partial charge in [-0.1, -0.05) is 25.5 Å². The van der Waals surface area contributed by atoms with Crippen molar-refractivity contribution in [2.45, 2.75) is 84.8 Å². The zero-order chi connectivity index (χ0) is 21.4. The number of hydrogen-bond donors (Lipinski definition) is 2. The Bertz CT molecular complexity index is 928. The van der Waals surface area contributed by atoms with Crippen LogP contribution in [-0.2, 0) is 7.05 Å². The second-order valence-corrected chi connectivity index (χ2v) is 11.2. The van der Waals surface area contributed by atoms with Crippen molar-refractivity contribution in [3.8, 4) is 0 Å². The maximum Gasteiger partial charge on any atom is 0.0809 e. The largest absolute Gasteiger partial charge is 0.393 e. The lowest BCUT2D eigenvalue weighted by Crippen LogP contribution is -2.51. The normalized spacial score (nSPS) is 44.4. The summed E-state index contributed by atoms with van der Waals surface area (Å²) in [6.07, 6.45) is 11.6. The summed E-state index contributed by atoms with van der Waals surface area (Å²) in [5.41, 5.74) is 6.35. The van der Waals surface area contributed by atoms with Gasteiger partial charge in [0.05, 0.1) is 17.9 Å². The van der Waals surface area contributed by atoms with Crippen LogP contribution in [-0.4, -0.2) is 32.2 Å². The number of aromatic nitrogens is 2. The molecule has 0 spiro atoms. The van der Waals surface area contributed by atoms with E-state index >= 15 is 0 Å². The van der Waals surface area contributed by atoms with Crippen LogP contribution in [0.1, 0.15) is 75.7 Å². The van der Waals surface area contributed by atoms with Crippen molar-refractivity contribution in [3.05, 3.63) is 34.2 Å². The molecule has 0 aromatic carbocycles. The second kappa shape index (κ2) is 6.80.